The SMILES string of the molecule is N=C(CCN)C1CCCC(C2C=CC(C3=CCCC=C3)=CC2)C1. The quantitative estimate of drug-likeness (QED) is 0.694. The van der Waals surface area contributed by atoms with E-state index < -0.39 is 0 Å². The van der Waals surface area contributed by atoms with Crippen LogP contribution in [0.25, 0.3) is 0 Å². The van der Waals surface area contributed by atoms with E-state index in [0.29, 0.717) is 18.4 Å². The minimum absolute atomic E-state index is 0.486. The highest BCUT2D eigenvalue weighted by Crippen LogP contribution is 2.39. The first-order valence-electron chi connectivity index (χ1n) is 9.30. The number of allylic oxidation sites excluding steroid dienone is 8. The summed E-state index contributed by atoms with van der Waals surface area (Å²) >= 11 is 0. The number of hydrogen-bond acceptors (Lipinski definition) is 2. The van der Waals surface area contributed by atoms with Gasteiger partial charge >= 0.3 is 0 Å². The largest absolute Gasteiger partial charge is 0.330 e. The van der Waals surface area contributed by atoms with Gasteiger partial charge in [0.1, 0.15) is 0 Å². The lowest BCUT2D eigenvalue weighted by Gasteiger charge is -2.34. The summed E-state index contributed by atoms with van der Waals surface area (Å²) in [7, 11) is 0. The summed E-state index contributed by atoms with van der Waals surface area (Å²) in [5, 5.41) is 8.23. The van der Waals surface area contributed by atoms with Crippen LogP contribution in [0.1, 0.15) is 51.4 Å². The first-order chi connectivity index (χ1) is 11.3. The Morgan fingerprint density at radius 1 is 1.13 bits per heavy atom. The summed E-state index contributed by atoms with van der Waals surface area (Å²) in [5.41, 5.74) is 9.33. The average molecular weight is 310 g/mol. The van der Waals surface area contributed by atoms with Gasteiger partial charge in [-0.25, -0.2) is 0 Å². The molecule has 0 amide bonds. The zero-order valence-electron chi connectivity index (χ0n) is 14.1. The van der Waals surface area contributed by atoms with Crippen LogP contribution in [-0.4, -0.2) is 12.3 Å². The maximum atomic E-state index is 8.23. The molecular weight excluding hydrogens is 280 g/mol. The zero-order valence-corrected chi connectivity index (χ0v) is 14.1. The third-order valence-corrected chi connectivity index (χ3v) is 5.69. The highest BCUT2D eigenvalue weighted by atomic mass is 14.6. The molecule has 2 heteroatoms. The van der Waals surface area contributed by atoms with Crippen molar-refractivity contribution in [2.24, 2.45) is 23.5 Å². The van der Waals surface area contributed by atoms with Gasteiger partial charge < -0.3 is 11.1 Å². The Morgan fingerprint density at radius 2 is 2.00 bits per heavy atom. The van der Waals surface area contributed by atoms with Crippen LogP contribution in [0.3, 0.4) is 0 Å². The molecule has 0 saturated heterocycles. The topological polar surface area (TPSA) is 49.9 Å². The lowest BCUT2D eigenvalue weighted by Crippen LogP contribution is -2.27. The molecule has 23 heavy (non-hydrogen) atoms. The molecule has 0 spiro atoms. The third-order valence-electron chi connectivity index (χ3n) is 5.69. The highest BCUT2D eigenvalue weighted by molar-refractivity contribution is 5.84. The molecule has 0 radical (unpaired) electrons. The fraction of sp³-hybridized carbons (Fsp3) is 0.571. The predicted octanol–water partition coefficient (Wildman–Crippen LogP) is 4.94. The molecule has 0 aromatic carbocycles. The van der Waals surface area contributed by atoms with Crippen LogP contribution >= 0.6 is 0 Å². The van der Waals surface area contributed by atoms with Crippen LogP contribution in [-0.2, 0) is 0 Å². The van der Waals surface area contributed by atoms with E-state index in [4.69, 9.17) is 11.1 Å². The number of hydrogen-bond donors (Lipinski definition) is 2. The molecule has 3 aliphatic rings. The van der Waals surface area contributed by atoms with Gasteiger partial charge in [0.05, 0.1) is 0 Å². The molecule has 0 heterocycles. The van der Waals surface area contributed by atoms with Crippen LogP contribution in [0.5, 0.6) is 0 Å². The van der Waals surface area contributed by atoms with Crippen LogP contribution < -0.4 is 5.73 Å². The second kappa shape index (κ2) is 7.92. The molecule has 3 unspecified atom stereocenters. The van der Waals surface area contributed by atoms with Crippen molar-refractivity contribution >= 4 is 5.71 Å². The number of nitrogens with one attached hydrogen (secondary N) is 1. The molecular formula is C21H30N2. The third kappa shape index (κ3) is 4.11. The normalized spacial score (nSPS) is 30.7. The van der Waals surface area contributed by atoms with Crippen LogP contribution in [0, 0.1) is 23.2 Å². The summed E-state index contributed by atoms with van der Waals surface area (Å²) in [6.07, 6.45) is 23.4. The number of nitrogens with two attached hydrogens (primary N) is 1. The van der Waals surface area contributed by atoms with Crippen molar-refractivity contribution in [3.05, 3.63) is 47.6 Å². The molecule has 0 bridgehead atoms. The van der Waals surface area contributed by atoms with E-state index in [-0.39, 0.29) is 0 Å². The number of rotatable bonds is 5. The summed E-state index contributed by atoms with van der Waals surface area (Å²) in [6.45, 7) is 0.623. The van der Waals surface area contributed by atoms with E-state index in [1.54, 1.807) is 0 Å². The van der Waals surface area contributed by atoms with Gasteiger partial charge in [-0.05, 0) is 80.4 Å². The average Bonchev–Trinajstić information content (AvgIpc) is 2.63. The summed E-state index contributed by atoms with van der Waals surface area (Å²) in [6, 6.07) is 0. The second-order valence-corrected chi connectivity index (χ2v) is 7.24. The monoisotopic (exact) mass is 310 g/mol. The lowest BCUT2D eigenvalue weighted by molar-refractivity contribution is 0.255. The summed E-state index contributed by atoms with van der Waals surface area (Å²) in [4.78, 5) is 0. The standard InChI is InChI=1S/C21H30N2/c22-14-13-21(23)20-8-4-7-19(15-20)18-11-9-17(10-12-18)16-5-2-1-3-6-16/h2,5-6,9-11,18-20,23H,1,3-4,7-8,12-15,22H2. The fourth-order valence-corrected chi connectivity index (χ4v) is 4.32. The molecule has 0 aromatic heterocycles. The maximum absolute atomic E-state index is 8.23. The lowest BCUT2D eigenvalue weighted by atomic mass is 9.71. The first-order valence-corrected chi connectivity index (χ1v) is 9.30. The van der Waals surface area contributed by atoms with Crippen molar-refractivity contribution in [2.75, 3.05) is 6.54 Å². The molecule has 1 fully saturated rings. The summed E-state index contributed by atoms with van der Waals surface area (Å²) < 4.78 is 0. The molecule has 3 atom stereocenters. The van der Waals surface area contributed by atoms with E-state index in [1.165, 1.54) is 56.1 Å². The minimum Gasteiger partial charge on any atom is -0.330 e. The fourth-order valence-electron chi connectivity index (χ4n) is 4.32. The van der Waals surface area contributed by atoms with Crippen molar-refractivity contribution < 1.29 is 0 Å². The van der Waals surface area contributed by atoms with Gasteiger partial charge in [-0.15, -0.1) is 0 Å². The van der Waals surface area contributed by atoms with Gasteiger partial charge in [0, 0.05) is 5.71 Å². The van der Waals surface area contributed by atoms with Gasteiger partial charge in [0.15, 0.2) is 0 Å². The minimum atomic E-state index is 0.486. The van der Waals surface area contributed by atoms with Gasteiger partial charge in [-0.3, -0.25) is 0 Å². The van der Waals surface area contributed by atoms with Gasteiger partial charge in [0.2, 0.25) is 0 Å². The Labute approximate surface area is 140 Å². The van der Waals surface area contributed by atoms with Crippen molar-refractivity contribution in [1.82, 2.24) is 0 Å². The molecule has 0 aromatic rings. The van der Waals surface area contributed by atoms with Gasteiger partial charge in [-0.1, -0.05) is 42.9 Å². The highest BCUT2D eigenvalue weighted by Gasteiger charge is 2.29. The zero-order chi connectivity index (χ0) is 16.1. The van der Waals surface area contributed by atoms with Crippen LogP contribution in [0.4, 0.5) is 0 Å². The molecule has 3 N–H and O–H groups in total. The van der Waals surface area contributed by atoms with Crippen molar-refractivity contribution in [3.8, 4) is 0 Å². The smallest absolute Gasteiger partial charge is 0.0133 e. The van der Waals surface area contributed by atoms with Crippen LogP contribution in [0.15, 0.2) is 47.6 Å². The van der Waals surface area contributed by atoms with Gasteiger partial charge in [0.25, 0.3) is 0 Å². The van der Waals surface area contributed by atoms with Crippen molar-refractivity contribution in [2.45, 2.75) is 51.4 Å². The second-order valence-electron chi connectivity index (χ2n) is 7.24. The van der Waals surface area contributed by atoms with Crippen molar-refractivity contribution in [1.29, 1.82) is 5.41 Å². The van der Waals surface area contributed by atoms with Crippen LogP contribution in [0.2, 0.25) is 0 Å². The Morgan fingerprint density at radius 3 is 2.70 bits per heavy atom. The van der Waals surface area contributed by atoms with E-state index in [1.807, 2.05) is 0 Å². The van der Waals surface area contributed by atoms with Crippen molar-refractivity contribution in [3.63, 3.8) is 0 Å². The first kappa shape index (κ1) is 16.4. The van der Waals surface area contributed by atoms with E-state index in [9.17, 15) is 0 Å². The molecule has 0 aliphatic heterocycles. The Balaban J connectivity index is 1.58. The van der Waals surface area contributed by atoms with Gasteiger partial charge in [-0.2, -0.15) is 0 Å². The Hall–Kier alpha value is -1.41. The molecule has 2 nitrogen and oxygen atoms in total. The maximum Gasteiger partial charge on any atom is 0.0133 e. The molecule has 3 rings (SSSR count). The molecule has 124 valence electrons. The van der Waals surface area contributed by atoms with E-state index in [2.05, 4.69) is 36.5 Å². The van der Waals surface area contributed by atoms with E-state index in [0.717, 1.165) is 18.1 Å². The van der Waals surface area contributed by atoms with E-state index >= 15 is 0 Å². The Kier molecular flexibility index (Phi) is 5.66. The predicted molar refractivity (Wildman–Crippen MR) is 98.6 cm³/mol. The summed E-state index contributed by atoms with van der Waals surface area (Å²) in [5.74, 6) is 1.90. The molecule has 3 aliphatic carbocycles. The molecule has 1 saturated carbocycles. The Bertz CT molecular complexity index is 550.